The van der Waals surface area contributed by atoms with Crippen LogP contribution in [0.1, 0.15) is 5.56 Å². The number of aromatic nitrogens is 2. The third kappa shape index (κ3) is 4.14. The first-order valence-electron chi connectivity index (χ1n) is 9.12. The zero-order valence-corrected chi connectivity index (χ0v) is 18.8. The highest BCUT2D eigenvalue weighted by Gasteiger charge is 2.17. The fraction of sp³-hybridized carbons (Fsp3) is 0.190. The summed E-state index contributed by atoms with van der Waals surface area (Å²) >= 11 is 4.30. The van der Waals surface area contributed by atoms with E-state index in [2.05, 4.69) is 10.3 Å². The number of carbonyl (C=O) groups excluding carboxylic acids is 1. The Bertz CT molecular complexity index is 1250. The first-order valence-corrected chi connectivity index (χ1v) is 11.9. The molecule has 0 saturated carbocycles. The smallest absolute Gasteiger partial charge is 0.263 e. The number of hydrogen-bond acceptors (Lipinski definition) is 7. The number of para-hydroxylation sites is 1. The van der Waals surface area contributed by atoms with Gasteiger partial charge in [0.1, 0.15) is 10.6 Å². The van der Waals surface area contributed by atoms with Crippen molar-refractivity contribution >= 4 is 50.6 Å². The summed E-state index contributed by atoms with van der Waals surface area (Å²) in [7, 11) is 3.30. The number of methoxy groups -OCH3 is 1. The number of carbonyl (C=O) groups is 1. The molecule has 3 aromatic heterocycles. The Morgan fingerprint density at radius 3 is 2.83 bits per heavy atom. The highest BCUT2D eigenvalue weighted by molar-refractivity contribution is 7.99. The molecule has 0 aliphatic rings. The molecule has 9 heteroatoms. The molecule has 154 valence electrons. The molecule has 0 aliphatic carbocycles. The van der Waals surface area contributed by atoms with Gasteiger partial charge in [-0.25, -0.2) is 4.98 Å². The maximum absolute atomic E-state index is 13.0. The number of nitrogens with one attached hydrogen (secondary N) is 1. The zero-order valence-electron chi connectivity index (χ0n) is 16.4. The lowest BCUT2D eigenvalue weighted by Gasteiger charge is -2.10. The van der Waals surface area contributed by atoms with Crippen LogP contribution in [0.15, 0.2) is 57.1 Å². The van der Waals surface area contributed by atoms with Crippen molar-refractivity contribution < 1.29 is 9.53 Å². The van der Waals surface area contributed by atoms with Crippen LogP contribution >= 0.6 is 34.4 Å². The number of fused-ring (bicyclic) bond motifs is 1. The summed E-state index contributed by atoms with van der Waals surface area (Å²) in [5, 5.41) is 8.01. The SMILES string of the molecule is COc1ccccc1CNC(=O)CSc1nc2scc(-c3cccs3)c2c(=O)n1C. The molecule has 6 nitrogen and oxygen atoms in total. The number of rotatable bonds is 7. The standard InChI is InChI=1S/C21H19N3O3S3/c1-24-20(26)18-14(16-8-5-9-28-16)11-29-19(18)23-21(24)30-12-17(25)22-10-13-6-3-4-7-15(13)27-2/h3-9,11H,10,12H2,1-2H3,(H,22,25). The molecule has 0 fully saturated rings. The molecule has 4 aromatic rings. The summed E-state index contributed by atoms with van der Waals surface area (Å²) in [5.74, 6) is 0.772. The molecule has 4 rings (SSSR count). The maximum Gasteiger partial charge on any atom is 0.263 e. The minimum atomic E-state index is -0.134. The quantitative estimate of drug-likeness (QED) is 0.334. The second-order valence-electron chi connectivity index (χ2n) is 6.44. The van der Waals surface area contributed by atoms with Gasteiger partial charge in [-0.1, -0.05) is 36.0 Å². The van der Waals surface area contributed by atoms with E-state index in [1.165, 1.54) is 27.7 Å². The first-order chi connectivity index (χ1) is 14.6. The number of ether oxygens (including phenoxy) is 1. The van der Waals surface area contributed by atoms with Gasteiger partial charge in [0.15, 0.2) is 5.16 Å². The van der Waals surface area contributed by atoms with Crippen molar-refractivity contribution in [1.82, 2.24) is 14.9 Å². The minimum absolute atomic E-state index is 0.0958. The van der Waals surface area contributed by atoms with Gasteiger partial charge in [-0.05, 0) is 17.5 Å². The van der Waals surface area contributed by atoms with E-state index < -0.39 is 0 Å². The Morgan fingerprint density at radius 2 is 2.07 bits per heavy atom. The summed E-state index contributed by atoms with van der Waals surface area (Å²) in [6.45, 7) is 0.379. The van der Waals surface area contributed by atoms with E-state index >= 15 is 0 Å². The van der Waals surface area contributed by atoms with Gasteiger partial charge in [-0.15, -0.1) is 22.7 Å². The van der Waals surface area contributed by atoms with Crippen LogP contribution in [0.25, 0.3) is 20.7 Å². The molecule has 0 saturated heterocycles. The Morgan fingerprint density at radius 1 is 1.23 bits per heavy atom. The number of nitrogens with zero attached hydrogens (tertiary/aromatic N) is 2. The number of benzene rings is 1. The van der Waals surface area contributed by atoms with Crippen molar-refractivity contribution in [3.8, 4) is 16.2 Å². The van der Waals surface area contributed by atoms with Gasteiger partial charge in [0.25, 0.3) is 5.56 Å². The Hall–Kier alpha value is -2.62. The first kappa shape index (κ1) is 20.6. The minimum Gasteiger partial charge on any atom is -0.496 e. The summed E-state index contributed by atoms with van der Waals surface area (Å²) in [5.41, 5.74) is 1.73. The van der Waals surface area contributed by atoms with E-state index in [-0.39, 0.29) is 17.2 Å². The molecule has 1 amide bonds. The Labute approximate surface area is 185 Å². The van der Waals surface area contributed by atoms with Crippen LogP contribution in [0, 0.1) is 0 Å². The van der Waals surface area contributed by atoms with Crippen LogP contribution in [0.2, 0.25) is 0 Å². The normalized spacial score (nSPS) is 11.0. The van der Waals surface area contributed by atoms with Crippen LogP contribution in [0.3, 0.4) is 0 Å². The van der Waals surface area contributed by atoms with Crippen molar-refractivity contribution in [2.24, 2.45) is 7.05 Å². The predicted octanol–water partition coefficient (Wildman–Crippen LogP) is 4.14. The van der Waals surface area contributed by atoms with E-state index in [1.54, 1.807) is 25.5 Å². The molecule has 0 radical (unpaired) electrons. The van der Waals surface area contributed by atoms with Gasteiger partial charge in [0.05, 0.1) is 18.2 Å². The highest BCUT2D eigenvalue weighted by atomic mass is 32.2. The molecule has 1 N–H and O–H groups in total. The molecule has 0 atom stereocenters. The number of amides is 1. The Balaban J connectivity index is 1.47. The van der Waals surface area contributed by atoms with Gasteiger partial charge in [0.2, 0.25) is 5.91 Å². The van der Waals surface area contributed by atoms with Gasteiger partial charge in [-0.2, -0.15) is 0 Å². The van der Waals surface area contributed by atoms with Crippen molar-refractivity contribution in [2.75, 3.05) is 12.9 Å². The molecular formula is C21H19N3O3S3. The fourth-order valence-corrected chi connectivity index (χ4v) is 5.62. The number of thiophene rings is 2. The van der Waals surface area contributed by atoms with Crippen LogP contribution in [0.5, 0.6) is 5.75 Å². The average molecular weight is 458 g/mol. The maximum atomic E-state index is 13.0. The molecule has 30 heavy (non-hydrogen) atoms. The lowest BCUT2D eigenvalue weighted by Crippen LogP contribution is -2.26. The van der Waals surface area contributed by atoms with E-state index in [1.807, 2.05) is 47.2 Å². The van der Waals surface area contributed by atoms with Crippen molar-refractivity contribution in [3.63, 3.8) is 0 Å². The number of hydrogen-bond donors (Lipinski definition) is 1. The topological polar surface area (TPSA) is 73.2 Å². The van der Waals surface area contributed by atoms with E-state index in [0.717, 1.165) is 21.8 Å². The molecule has 0 spiro atoms. The average Bonchev–Trinajstić information content (AvgIpc) is 3.43. The second-order valence-corrected chi connectivity index (χ2v) is 9.19. The van der Waals surface area contributed by atoms with Crippen LogP contribution in [-0.4, -0.2) is 28.3 Å². The molecule has 0 bridgehead atoms. The van der Waals surface area contributed by atoms with Gasteiger partial charge < -0.3 is 10.1 Å². The molecule has 1 aromatic carbocycles. The summed E-state index contributed by atoms with van der Waals surface area (Å²) in [6.07, 6.45) is 0. The molecule has 3 heterocycles. The fourth-order valence-electron chi connectivity index (χ4n) is 3.02. The zero-order chi connectivity index (χ0) is 21.1. The molecule has 0 aliphatic heterocycles. The monoisotopic (exact) mass is 457 g/mol. The number of thioether (sulfide) groups is 1. The predicted molar refractivity (Wildman–Crippen MR) is 124 cm³/mol. The third-order valence-electron chi connectivity index (χ3n) is 4.56. The van der Waals surface area contributed by atoms with Gasteiger partial charge >= 0.3 is 0 Å². The van der Waals surface area contributed by atoms with Gasteiger partial charge in [0, 0.05) is 35.0 Å². The van der Waals surface area contributed by atoms with Gasteiger partial charge in [-0.3, -0.25) is 14.2 Å². The van der Waals surface area contributed by atoms with Crippen LogP contribution < -0.4 is 15.6 Å². The molecule has 0 unspecified atom stereocenters. The van der Waals surface area contributed by atoms with E-state index in [9.17, 15) is 9.59 Å². The Kier molecular flexibility index (Phi) is 6.21. The summed E-state index contributed by atoms with van der Waals surface area (Å²) < 4.78 is 6.82. The lowest BCUT2D eigenvalue weighted by molar-refractivity contribution is -0.118. The van der Waals surface area contributed by atoms with E-state index in [0.29, 0.717) is 21.9 Å². The van der Waals surface area contributed by atoms with E-state index in [4.69, 9.17) is 4.74 Å². The largest absolute Gasteiger partial charge is 0.496 e. The van der Waals surface area contributed by atoms with Crippen LogP contribution in [-0.2, 0) is 18.4 Å². The van der Waals surface area contributed by atoms with Crippen molar-refractivity contribution in [2.45, 2.75) is 11.7 Å². The van der Waals surface area contributed by atoms with Crippen LogP contribution in [0.4, 0.5) is 0 Å². The second kappa shape index (κ2) is 9.03. The van der Waals surface area contributed by atoms with Crippen molar-refractivity contribution in [1.29, 1.82) is 0 Å². The highest BCUT2D eigenvalue weighted by Crippen LogP contribution is 2.34. The molecular weight excluding hydrogens is 438 g/mol. The summed E-state index contributed by atoms with van der Waals surface area (Å²) in [4.78, 5) is 31.7. The third-order valence-corrected chi connectivity index (χ3v) is 7.37. The lowest BCUT2D eigenvalue weighted by atomic mass is 10.2. The van der Waals surface area contributed by atoms with Crippen molar-refractivity contribution in [3.05, 3.63) is 63.1 Å². The summed E-state index contributed by atoms with van der Waals surface area (Å²) in [6, 6.07) is 11.5.